The van der Waals surface area contributed by atoms with Gasteiger partial charge in [-0.1, -0.05) is 11.6 Å². The Balaban J connectivity index is 1.73. The molecule has 2 aliphatic rings. The van der Waals surface area contributed by atoms with Crippen molar-refractivity contribution in [3.8, 4) is 0 Å². The predicted molar refractivity (Wildman–Crippen MR) is 63.5 cm³/mol. The molecule has 90 valence electrons. The third kappa shape index (κ3) is 1.70. The molecule has 2 saturated heterocycles. The van der Waals surface area contributed by atoms with Crippen LogP contribution in [0.5, 0.6) is 0 Å². The number of amides is 1. The molecule has 2 aliphatic heterocycles. The molecule has 0 aliphatic carbocycles. The van der Waals surface area contributed by atoms with Gasteiger partial charge in [0.05, 0.1) is 17.9 Å². The van der Waals surface area contributed by atoms with Crippen LogP contribution in [0.15, 0.2) is 18.3 Å². The summed E-state index contributed by atoms with van der Waals surface area (Å²) in [5.74, 6) is 0.460. The van der Waals surface area contributed by atoms with Crippen LogP contribution in [0.4, 0.5) is 10.5 Å². The Kier molecular flexibility index (Phi) is 2.36. The summed E-state index contributed by atoms with van der Waals surface area (Å²) in [7, 11) is 0. The first kappa shape index (κ1) is 10.7. The number of hydrogen-bond donors (Lipinski definition) is 1. The number of anilines is 1. The van der Waals surface area contributed by atoms with E-state index in [0.717, 1.165) is 12.2 Å². The van der Waals surface area contributed by atoms with Crippen molar-refractivity contribution in [3.63, 3.8) is 0 Å². The minimum Gasteiger partial charge on any atom is -0.465 e. The molecule has 0 bridgehead atoms. The topological polar surface area (TPSA) is 56.7 Å². The molecule has 3 rings (SSSR count). The zero-order chi connectivity index (χ0) is 12.0. The summed E-state index contributed by atoms with van der Waals surface area (Å²) in [6, 6.07) is 3.98. The highest BCUT2D eigenvalue weighted by atomic mass is 35.5. The van der Waals surface area contributed by atoms with Gasteiger partial charge in [0.15, 0.2) is 0 Å². The van der Waals surface area contributed by atoms with Gasteiger partial charge in [0.2, 0.25) is 0 Å². The molecule has 6 heteroatoms. The Morgan fingerprint density at radius 2 is 2.24 bits per heavy atom. The van der Waals surface area contributed by atoms with Crippen LogP contribution in [0.1, 0.15) is 0 Å². The number of aromatic nitrogens is 1. The first-order valence-corrected chi connectivity index (χ1v) is 5.89. The molecule has 0 saturated carbocycles. The quantitative estimate of drug-likeness (QED) is 0.772. The van der Waals surface area contributed by atoms with Crippen LogP contribution >= 0.6 is 11.6 Å². The smallest absolute Gasteiger partial charge is 0.407 e. The van der Waals surface area contributed by atoms with Crippen LogP contribution in [-0.2, 0) is 0 Å². The summed E-state index contributed by atoms with van der Waals surface area (Å²) in [4.78, 5) is 18.6. The molecule has 2 unspecified atom stereocenters. The molecule has 5 nitrogen and oxygen atoms in total. The van der Waals surface area contributed by atoms with Crippen molar-refractivity contribution in [2.24, 2.45) is 5.92 Å². The molecule has 0 aromatic carbocycles. The maximum absolute atomic E-state index is 10.9. The van der Waals surface area contributed by atoms with Crippen molar-refractivity contribution < 1.29 is 9.90 Å². The number of fused-ring (bicyclic) bond motifs is 1. The third-order valence-electron chi connectivity index (χ3n) is 3.55. The van der Waals surface area contributed by atoms with Crippen molar-refractivity contribution in [1.82, 2.24) is 9.88 Å². The van der Waals surface area contributed by atoms with Crippen LogP contribution < -0.4 is 4.90 Å². The Bertz CT molecular complexity index is 451. The number of carbonyl (C=O) groups is 1. The summed E-state index contributed by atoms with van der Waals surface area (Å²) in [6.07, 6.45) is 0.913. The Morgan fingerprint density at radius 1 is 1.41 bits per heavy atom. The van der Waals surface area contributed by atoms with Crippen molar-refractivity contribution in [2.75, 3.05) is 24.5 Å². The normalized spacial score (nSPS) is 26.6. The number of pyridine rings is 1. The lowest BCUT2D eigenvalue weighted by Gasteiger charge is -2.44. The largest absolute Gasteiger partial charge is 0.465 e. The zero-order valence-corrected chi connectivity index (χ0v) is 9.84. The van der Waals surface area contributed by atoms with Crippen LogP contribution in [0.25, 0.3) is 0 Å². The zero-order valence-electron chi connectivity index (χ0n) is 9.08. The lowest BCUT2D eigenvalue weighted by atomic mass is 9.91. The van der Waals surface area contributed by atoms with Crippen molar-refractivity contribution in [3.05, 3.63) is 23.5 Å². The van der Waals surface area contributed by atoms with Crippen molar-refractivity contribution in [1.29, 1.82) is 0 Å². The molecule has 3 heterocycles. The minimum absolute atomic E-state index is 0.300. The Morgan fingerprint density at radius 3 is 2.88 bits per heavy atom. The van der Waals surface area contributed by atoms with Gasteiger partial charge in [-0.3, -0.25) is 0 Å². The fourth-order valence-corrected chi connectivity index (χ4v) is 2.74. The first-order chi connectivity index (χ1) is 8.15. The summed E-state index contributed by atoms with van der Waals surface area (Å²) in [5.41, 5.74) is 1.02. The van der Waals surface area contributed by atoms with Gasteiger partial charge >= 0.3 is 6.09 Å². The van der Waals surface area contributed by atoms with E-state index in [-0.39, 0.29) is 0 Å². The molecular weight excluding hydrogens is 242 g/mol. The minimum atomic E-state index is -0.825. The SMILES string of the molecule is O=C(O)N1CC2CN(c3ccc(Cl)nc3)C2C1. The highest BCUT2D eigenvalue weighted by molar-refractivity contribution is 6.29. The molecule has 0 radical (unpaired) electrons. The number of likely N-dealkylation sites (tertiary alicyclic amines) is 1. The number of hydrogen-bond acceptors (Lipinski definition) is 3. The second-order valence-electron chi connectivity index (χ2n) is 4.51. The Hall–Kier alpha value is -1.49. The molecular formula is C11H12ClN3O2. The van der Waals surface area contributed by atoms with E-state index in [4.69, 9.17) is 16.7 Å². The van der Waals surface area contributed by atoms with Gasteiger partial charge in [-0.25, -0.2) is 9.78 Å². The highest BCUT2D eigenvalue weighted by Gasteiger charge is 2.47. The third-order valence-corrected chi connectivity index (χ3v) is 3.78. The molecule has 1 amide bonds. The second-order valence-corrected chi connectivity index (χ2v) is 4.89. The van der Waals surface area contributed by atoms with Gasteiger partial charge in [0.25, 0.3) is 0 Å². The summed E-state index contributed by atoms with van der Waals surface area (Å²) in [6.45, 7) is 2.14. The Labute approximate surface area is 104 Å². The van der Waals surface area contributed by atoms with E-state index in [1.54, 1.807) is 12.3 Å². The van der Waals surface area contributed by atoms with Crippen LogP contribution in [0, 0.1) is 5.92 Å². The number of halogens is 1. The number of nitrogens with zero attached hydrogens (tertiary/aromatic N) is 3. The lowest BCUT2D eigenvalue weighted by Crippen LogP contribution is -2.55. The molecule has 1 N–H and O–H groups in total. The molecule has 2 fully saturated rings. The molecule has 1 aromatic rings. The summed E-state index contributed by atoms with van der Waals surface area (Å²) < 4.78 is 0. The van der Waals surface area contributed by atoms with Gasteiger partial charge < -0.3 is 14.9 Å². The van der Waals surface area contributed by atoms with E-state index in [2.05, 4.69) is 9.88 Å². The van der Waals surface area contributed by atoms with Crippen molar-refractivity contribution >= 4 is 23.4 Å². The van der Waals surface area contributed by atoms with Crippen LogP contribution in [-0.4, -0.2) is 46.8 Å². The van der Waals surface area contributed by atoms with E-state index in [9.17, 15) is 4.79 Å². The van der Waals surface area contributed by atoms with E-state index in [0.29, 0.717) is 30.2 Å². The van der Waals surface area contributed by atoms with Gasteiger partial charge in [0.1, 0.15) is 5.15 Å². The van der Waals surface area contributed by atoms with Gasteiger partial charge in [-0.15, -0.1) is 0 Å². The standard InChI is InChI=1S/C11H12ClN3O2/c12-10-2-1-8(3-13-10)15-5-7-4-14(11(16)17)6-9(7)15/h1-3,7,9H,4-6H2,(H,16,17). The van der Waals surface area contributed by atoms with Gasteiger partial charge in [0, 0.05) is 25.6 Å². The van der Waals surface area contributed by atoms with Crippen molar-refractivity contribution in [2.45, 2.75) is 6.04 Å². The van der Waals surface area contributed by atoms with Gasteiger partial charge in [-0.2, -0.15) is 0 Å². The van der Waals surface area contributed by atoms with E-state index in [1.165, 1.54) is 4.90 Å². The van der Waals surface area contributed by atoms with Crippen LogP contribution in [0.2, 0.25) is 5.15 Å². The van der Waals surface area contributed by atoms with Gasteiger partial charge in [-0.05, 0) is 12.1 Å². The van der Waals surface area contributed by atoms with Crippen LogP contribution in [0.3, 0.4) is 0 Å². The van der Waals surface area contributed by atoms with E-state index < -0.39 is 6.09 Å². The summed E-state index contributed by atoms with van der Waals surface area (Å²) >= 11 is 5.74. The molecule has 1 aromatic heterocycles. The predicted octanol–water partition coefficient (Wildman–Crippen LogP) is 1.53. The average molecular weight is 254 g/mol. The molecule has 2 atom stereocenters. The maximum Gasteiger partial charge on any atom is 0.407 e. The second kappa shape index (κ2) is 3.77. The fraction of sp³-hybridized carbons (Fsp3) is 0.455. The molecule has 0 spiro atoms. The number of rotatable bonds is 1. The lowest BCUT2D eigenvalue weighted by molar-refractivity contribution is 0.155. The monoisotopic (exact) mass is 253 g/mol. The van der Waals surface area contributed by atoms with E-state index in [1.807, 2.05) is 6.07 Å². The average Bonchev–Trinajstić information content (AvgIpc) is 2.60. The maximum atomic E-state index is 10.9. The first-order valence-electron chi connectivity index (χ1n) is 5.51. The summed E-state index contributed by atoms with van der Waals surface area (Å²) in [5, 5.41) is 9.42. The molecule has 17 heavy (non-hydrogen) atoms. The van der Waals surface area contributed by atoms with E-state index >= 15 is 0 Å². The number of carboxylic acid groups (broad SMARTS) is 1. The highest BCUT2D eigenvalue weighted by Crippen LogP contribution is 2.36. The fourth-order valence-electron chi connectivity index (χ4n) is 2.63.